The summed E-state index contributed by atoms with van der Waals surface area (Å²) in [4.78, 5) is 26.7. The van der Waals surface area contributed by atoms with Gasteiger partial charge in [-0.05, 0) is 74.9 Å². The number of pyridine rings is 1. The van der Waals surface area contributed by atoms with Gasteiger partial charge in [0.15, 0.2) is 5.82 Å². The fraction of sp³-hybridized carbons (Fsp3) is 0.156. The smallest absolute Gasteiger partial charge is 0.282 e. The van der Waals surface area contributed by atoms with E-state index in [0.29, 0.717) is 34.0 Å². The summed E-state index contributed by atoms with van der Waals surface area (Å²) in [5.41, 5.74) is 8.81. The predicted octanol–water partition coefficient (Wildman–Crippen LogP) is 4.31. The number of aromatic nitrogens is 6. The molecule has 47 heavy (non-hydrogen) atoms. The second-order valence-corrected chi connectivity index (χ2v) is 12.3. The van der Waals surface area contributed by atoms with E-state index < -0.39 is 16.1 Å². The molecule has 6 rings (SSSR count). The number of aromatic hydroxyl groups is 1. The Bertz CT molecular complexity index is 2250. The van der Waals surface area contributed by atoms with Crippen LogP contribution in [0.5, 0.6) is 11.6 Å². The topological polar surface area (TPSA) is 192 Å². The Morgan fingerprint density at radius 1 is 1.04 bits per heavy atom. The number of nitrogen functional groups attached to an aromatic ring is 1. The summed E-state index contributed by atoms with van der Waals surface area (Å²) in [6, 6.07) is 17.1. The molecular weight excluding hydrogens is 622 g/mol. The van der Waals surface area contributed by atoms with Gasteiger partial charge in [-0.2, -0.15) is 5.10 Å². The lowest BCUT2D eigenvalue weighted by atomic mass is 10.1. The molecule has 0 fully saturated rings. The number of anilines is 3. The summed E-state index contributed by atoms with van der Waals surface area (Å²) in [5.74, 6) is 0.762. The largest absolute Gasteiger partial charge is 0.508 e. The SMILES string of the molecule is CCOc1ncc(-c2c(N)ncnc2NC(C)c2nn3ccc(C)c3c(=O)n2-c2ccccc2)cc1NS(=O)(=O)c1ccc(O)cc1. The van der Waals surface area contributed by atoms with E-state index in [-0.39, 0.29) is 40.2 Å². The van der Waals surface area contributed by atoms with E-state index in [1.54, 1.807) is 22.2 Å². The molecule has 1 unspecified atom stereocenters. The number of hydrogen-bond donors (Lipinski definition) is 4. The van der Waals surface area contributed by atoms with Crippen LogP contribution in [0.4, 0.5) is 17.3 Å². The van der Waals surface area contributed by atoms with Crippen LogP contribution in [0, 0.1) is 6.92 Å². The number of aryl methyl sites for hydroxylation is 1. The number of nitrogens with one attached hydrogen (secondary N) is 2. The van der Waals surface area contributed by atoms with Crippen molar-refractivity contribution in [2.45, 2.75) is 31.7 Å². The Morgan fingerprint density at radius 2 is 1.79 bits per heavy atom. The minimum atomic E-state index is -4.10. The van der Waals surface area contributed by atoms with E-state index in [2.05, 4.69) is 25.0 Å². The van der Waals surface area contributed by atoms with Crippen molar-refractivity contribution < 1.29 is 18.3 Å². The van der Waals surface area contributed by atoms with E-state index in [9.17, 15) is 18.3 Å². The van der Waals surface area contributed by atoms with E-state index in [4.69, 9.17) is 15.6 Å². The summed E-state index contributed by atoms with van der Waals surface area (Å²) in [5, 5.41) is 17.7. The number of phenols is 1. The highest BCUT2D eigenvalue weighted by molar-refractivity contribution is 7.92. The van der Waals surface area contributed by atoms with Crippen LogP contribution in [0.25, 0.3) is 22.3 Å². The molecule has 0 saturated carbocycles. The Hall–Kier alpha value is -5.96. The molecule has 240 valence electrons. The first kappa shape index (κ1) is 31.0. The molecule has 0 saturated heterocycles. The summed E-state index contributed by atoms with van der Waals surface area (Å²) >= 11 is 0. The molecule has 0 aliphatic rings. The fourth-order valence-electron chi connectivity index (χ4n) is 5.14. The number of nitrogens with zero attached hydrogens (tertiary/aromatic N) is 6. The molecular formula is C32H31N9O5S. The van der Waals surface area contributed by atoms with Crippen LogP contribution >= 0.6 is 0 Å². The lowest BCUT2D eigenvalue weighted by Crippen LogP contribution is -2.29. The van der Waals surface area contributed by atoms with Crippen molar-refractivity contribution in [3.05, 3.63) is 107 Å². The molecule has 0 bridgehead atoms. The highest BCUT2D eigenvalue weighted by atomic mass is 32.2. The van der Waals surface area contributed by atoms with Crippen molar-refractivity contribution in [2.24, 2.45) is 0 Å². The molecule has 6 aromatic rings. The van der Waals surface area contributed by atoms with Gasteiger partial charge in [-0.15, -0.1) is 0 Å². The molecule has 0 amide bonds. The van der Waals surface area contributed by atoms with Crippen LogP contribution < -0.4 is 26.1 Å². The molecule has 15 heteroatoms. The van der Waals surface area contributed by atoms with Gasteiger partial charge in [0.2, 0.25) is 5.88 Å². The van der Waals surface area contributed by atoms with Crippen LogP contribution in [-0.2, 0) is 10.0 Å². The summed E-state index contributed by atoms with van der Waals surface area (Å²) in [6.45, 7) is 5.66. The number of sulfonamides is 1. The van der Waals surface area contributed by atoms with E-state index in [0.717, 1.165) is 5.56 Å². The number of benzene rings is 2. The third-order valence-electron chi connectivity index (χ3n) is 7.36. The predicted molar refractivity (Wildman–Crippen MR) is 177 cm³/mol. The van der Waals surface area contributed by atoms with E-state index in [1.807, 2.05) is 50.2 Å². The zero-order valence-electron chi connectivity index (χ0n) is 25.6. The lowest BCUT2D eigenvalue weighted by Gasteiger charge is -2.21. The zero-order valence-corrected chi connectivity index (χ0v) is 26.4. The summed E-state index contributed by atoms with van der Waals surface area (Å²) < 4.78 is 37.8. The third-order valence-corrected chi connectivity index (χ3v) is 8.74. The molecule has 4 aromatic heterocycles. The highest BCUT2D eigenvalue weighted by Gasteiger charge is 2.24. The highest BCUT2D eigenvalue weighted by Crippen LogP contribution is 2.36. The molecule has 0 aliphatic carbocycles. The van der Waals surface area contributed by atoms with Gasteiger partial charge in [-0.3, -0.25) is 14.1 Å². The van der Waals surface area contributed by atoms with Gasteiger partial charge in [-0.1, -0.05) is 18.2 Å². The molecule has 0 aliphatic heterocycles. The van der Waals surface area contributed by atoms with Crippen LogP contribution in [0.1, 0.15) is 31.3 Å². The Morgan fingerprint density at radius 3 is 2.51 bits per heavy atom. The van der Waals surface area contributed by atoms with E-state index in [1.165, 1.54) is 42.9 Å². The number of hydrogen-bond acceptors (Lipinski definition) is 11. The van der Waals surface area contributed by atoms with Crippen molar-refractivity contribution in [3.63, 3.8) is 0 Å². The number of ether oxygens (including phenoxy) is 1. The van der Waals surface area contributed by atoms with Crippen molar-refractivity contribution in [2.75, 3.05) is 22.4 Å². The van der Waals surface area contributed by atoms with Crippen LogP contribution in [0.15, 0.2) is 95.1 Å². The number of phenolic OH excluding ortho intramolecular Hbond substituents is 1. The maximum Gasteiger partial charge on any atom is 0.282 e. The fourth-order valence-corrected chi connectivity index (χ4v) is 6.19. The van der Waals surface area contributed by atoms with Gasteiger partial charge in [0, 0.05) is 18.0 Å². The van der Waals surface area contributed by atoms with Gasteiger partial charge >= 0.3 is 0 Å². The van der Waals surface area contributed by atoms with Crippen LogP contribution in [-0.4, -0.2) is 49.3 Å². The lowest BCUT2D eigenvalue weighted by molar-refractivity contribution is 0.329. The Balaban J connectivity index is 1.42. The molecule has 14 nitrogen and oxygen atoms in total. The van der Waals surface area contributed by atoms with Gasteiger partial charge in [0.05, 0.1) is 28.8 Å². The first-order chi connectivity index (χ1) is 22.6. The van der Waals surface area contributed by atoms with Crippen LogP contribution in [0.2, 0.25) is 0 Å². The van der Waals surface area contributed by atoms with Crippen molar-refractivity contribution in [3.8, 4) is 28.4 Å². The standard InChI is InChI=1S/C32H31N9O5S/c1-4-46-31-25(39-47(44,45)24-12-10-23(42)11-13-24)16-21(17-34-31)26-28(33)35-18-36-29(26)37-20(3)30-38-40-15-14-19(2)27(40)32(43)41(30)22-8-6-5-7-9-22/h5-18,20,39,42H,4H2,1-3H3,(H3,33,35,36,37). The first-order valence-electron chi connectivity index (χ1n) is 14.6. The summed E-state index contributed by atoms with van der Waals surface area (Å²) in [7, 11) is -4.10. The minimum Gasteiger partial charge on any atom is -0.508 e. The third kappa shape index (κ3) is 6.03. The van der Waals surface area contributed by atoms with Gasteiger partial charge < -0.3 is 20.9 Å². The van der Waals surface area contributed by atoms with Gasteiger partial charge in [-0.25, -0.2) is 27.9 Å². The normalized spacial score (nSPS) is 12.1. The molecule has 5 N–H and O–H groups in total. The van der Waals surface area contributed by atoms with Gasteiger partial charge in [0.25, 0.3) is 15.6 Å². The molecule has 2 aromatic carbocycles. The number of rotatable bonds is 10. The van der Waals surface area contributed by atoms with Gasteiger partial charge in [0.1, 0.15) is 34.9 Å². The molecule has 4 heterocycles. The van der Waals surface area contributed by atoms with E-state index >= 15 is 0 Å². The second-order valence-electron chi connectivity index (χ2n) is 10.6. The zero-order chi connectivity index (χ0) is 33.3. The number of para-hydroxylation sites is 1. The minimum absolute atomic E-state index is 0.0447. The maximum atomic E-state index is 13.8. The molecule has 0 spiro atoms. The average molecular weight is 654 g/mol. The molecule has 0 radical (unpaired) electrons. The Kier molecular flexibility index (Phi) is 8.22. The second kappa shape index (κ2) is 12.4. The first-order valence-corrected chi connectivity index (χ1v) is 16.0. The number of fused-ring (bicyclic) bond motifs is 1. The Labute approximate surface area is 269 Å². The average Bonchev–Trinajstić information content (AvgIpc) is 3.43. The summed E-state index contributed by atoms with van der Waals surface area (Å²) in [6.07, 6.45) is 4.50. The van der Waals surface area contributed by atoms with Crippen LogP contribution in [0.3, 0.4) is 0 Å². The number of nitrogens with two attached hydrogens (primary N) is 1. The monoisotopic (exact) mass is 653 g/mol. The maximum absolute atomic E-state index is 13.8. The quantitative estimate of drug-likeness (QED) is 0.165. The molecule has 1 atom stereocenters. The van der Waals surface area contributed by atoms with Crippen molar-refractivity contribution >= 4 is 32.9 Å². The van der Waals surface area contributed by atoms with Crippen molar-refractivity contribution in [1.29, 1.82) is 0 Å². The van der Waals surface area contributed by atoms with Crippen molar-refractivity contribution in [1.82, 2.24) is 29.1 Å².